The highest BCUT2D eigenvalue weighted by molar-refractivity contribution is 7.88. The summed E-state index contributed by atoms with van der Waals surface area (Å²) in [7, 11) is -3.79. The number of halogens is 4. The van der Waals surface area contributed by atoms with Gasteiger partial charge in [-0.3, -0.25) is 4.79 Å². The van der Waals surface area contributed by atoms with E-state index in [0.717, 1.165) is 30.3 Å². The monoisotopic (exact) mass is 564 g/mol. The first-order valence-corrected chi connectivity index (χ1v) is 13.3. The van der Waals surface area contributed by atoms with Crippen molar-refractivity contribution in [1.29, 1.82) is 5.26 Å². The number of hydrogen-bond donors (Lipinski definition) is 0. The Morgan fingerprint density at radius 1 is 1.18 bits per heavy atom. The van der Waals surface area contributed by atoms with Crippen molar-refractivity contribution in [3.8, 4) is 17.2 Å². The second kappa shape index (κ2) is 10.1. The molecule has 0 N–H and O–H groups in total. The normalized spacial score (nSPS) is 20.5. The van der Waals surface area contributed by atoms with Crippen LogP contribution < -0.4 is 4.90 Å². The van der Waals surface area contributed by atoms with Crippen LogP contribution in [0.2, 0.25) is 0 Å². The molecule has 3 aromatic rings. The number of piperidine rings is 1. The van der Waals surface area contributed by atoms with E-state index in [9.17, 15) is 31.6 Å². The van der Waals surface area contributed by atoms with E-state index >= 15 is 4.39 Å². The molecule has 0 saturated carbocycles. The molecular weight excluding hydrogens is 544 g/mol. The van der Waals surface area contributed by atoms with Gasteiger partial charge in [-0.1, -0.05) is 17.3 Å². The van der Waals surface area contributed by atoms with Gasteiger partial charge in [0.15, 0.2) is 0 Å². The Kier molecular flexibility index (Phi) is 6.91. The number of sulfonamides is 1. The Morgan fingerprint density at radius 2 is 1.97 bits per heavy atom. The molecule has 2 aliphatic heterocycles. The van der Waals surface area contributed by atoms with Gasteiger partial charge in [-0.15, -0.1) is 0 Å². The third kappa shape index (κ3) is 5.25. The highest BCUT2D eigenvalue weighted by atomic mass is 32.2. The van der Waals surface area contributed by atoms with Crippen LogP contribution in [0.3, 0.4) is 0 Å². The Hall–Kier alpha value is -3.80. The first kappa shape index (κ1) is 26.8. The van der Waals surface area contributed by atoms with Gasteiger partial charge in [0, 0.05) is 24.7 Å². The predicted molar refractivity (Wildman–Crippen MR) is 128 cm³/mol. The summed E-state index contributed by atoms with van der Waals surface area (Å²) in [6.07, 6.45) is -4.01. The van der Waals surface area contributed by atoms with Crippen LogP contribution in [-0.4, -0.2) is 55.6 Å². The van der Waals surface area contributed by atoms with Gasteiger partial charge in [0.2, 0.25) is 10.0 Å². The molecule has 3 heterocycles. The van der Waals surface area contributed by atoms with E-state index in [-0.39, 0.29) is 53.3 Å². The number of ether oxygens (including phenoxy) is 1. The van der Waals surface area contributed by atoms with Crippen LogP contribution >= 0.6 is 0 Å². The molecule has 0 spiro atoms. The number of morpholine rings is 1. The number of anilines is 1. The minimum atomic E-state index is -4.64. The molecule has 0 radical (unpaired) electrons. The minimum Gasteiger partial charge on any atom is -0.365 e. The number of amides is 1. The maximum Gasteiger partial charge on any atom is 0.416 e. The summed E-state index contributed by atoms with van der Waals surface area (Å²) in [6.45, 7) is -0.483. The van der Waals surface area contributed by atoms with Crippen LogP contribution in [0.1, 0.15) is 23.2 Å². The number of alkyl halides is 3. The number of fused-ring (bicyclic) bond motifs is 1. The van der Waals surface area contributed by atoms with Gasteiger partial charge in [0.25, 0.3) is 5.91 Å². The number of carbonyl (C=O) groups is 1. The second-order valence-electron chi connectivity index (χ2n) is 9.11. The number of benzene rings is 2. The number of nitriles is 1. The van der Waals surface area contributed by atoms with E-state index in [1.807, 2.05) is 6.07 Å². The van der Waals surface area contributed by atoms with Gasteiger partial charge in [0.1, 0.15) is 30.5 Å². The van der Waals surface area contributed by atoms with Crippen molar-refractivity contribution in [3.05, 3.63) is 71.4 Å². The minimum absolute atomic E-state index is 0.0289. The zero-order valence-electron chi connectivity index (χ0n) is 20.1. The first-order chi connectivity index (χ1) is 18.5. The highest BCUT2D eigenvalue weighted by Crippen LogP contribution is 2.37. The summed E-state index contributed by atoms with van der Waals surface area (Å²) in [5.74, 6) is -1.87. The number of hydrogen-bond acceptors (Lipinski definition) is 7. The topological polar surface area (TPSA) is 117 Å². The van der Waals surface area contributed by atoms with Crippen LogP contribution in [-0.2, 0) is 31.5 Å². The molecule has 2 fully saturated rings. The maximum absolute atomic E-state index is 15.3. The SMILES string of the molecule is N#Cc1cc(-c2cccc(C(F)(F)F)c2)c(F)cc1N1C(=O)CO[C@H]2CN(S(=O)(=O)Cc3ccon3)CC[C@@H]21. The van der Waals surface area contributed by atoms with Crippen molar-refractivity contribution in [1.82, 2.24) is 9.46 Å². The standard InChI is InChI=1S/C25H20F4N4O5S/c26-20-10-22(16(11-30)9-19(20)15-2-1-3-17(8-15)25(27,28)29)33-21-4-6-32(12-23(21)37-13-24(33)34)39(35,36)14-18-5-7-38-31-18/h1-3,5,7-10,21,23H,4,6,12-14H2/t21-,23-/m0/s1. The third-order valence-corrected chi connectivity index (χ3v) is 8.47. The lowest BCUT2D eigenvalue weighted by Gasteiger charge is -2.46. The van der Waals surface area contributed by atoms with E-state index in [0.29, 0.717) is 0 Å². The molecule has 2 aromatic carbocycles. The summed E-state index contributed by atoms with van der Waals surface area (Å²) in [4.78, 5) is 14.2. The molecule has 2 atom stereocenters. The van der Waals surface area contributed by atoms with Crippen LogP contribution in [0.15, 0.2) is 53.3 Å². The summed E-state index contributed by atoms with van der Waals surface area (Å²) < 4.78 is 92.2. The van der Waals surface area contributed by atoms with Crippen molar-refractivity contribution in [2.45, 2.75) is 30.5 Å². The van der Waals surface area contributed by atoms with Crippen molar-refractivity contribution < 1.29 is 40.0 Å². The van der Waals surface area contributed by atoms with Gasteiger partial charge in [-0.25, -0.2) is 12.8 Å². The Bertz CT molecular complexity index is 1550. The molecule has 1 amide bonds. The summed E-state index contributed by atoms with van der Waals surface area (Å²) in [5.41, 5.74) is -1.24. The van der Waals surface area contributed by atoms with Crippen molar-refractivity contribution in [3.63, 3.8) is 0 Å². The number of aromatic nitrogens is 1. The van der Waals surface area contributed by atoms with Gasteiger partial charge in [0.05, 0.1) is 34.7 Å². The molecule has 0 aliphatic carbocycles. The van der Waals surface area contributed by atoms with Crippen molar-refractivity contribution in [2.24, 2.45) is 0 Å². The Labute approximate surface area is 220 Å². The van der Waals surface area contributed by atoms with Gasteiger partial charge >= 0.3 is 6.18 Å². The lowest BCUT2D eigenvalue weighted by molar-refractivity contribution is -0.137. The van der Waals surface area contributed by atoms with E-state index in [2.05, 4.69) is 9.68 Å². The van der Waals surface area contributed by atoms with Crippen molar-refractivity contribution >= 4 is 21.6 Å². The molecule has 1 aromatic heterocycles. The molecule has 2 saturated heterocycles. The third-order valence-electron chi connectivity index (χ3n) is 6.69. The molecule has 39 heavy (non-hydrogen) atoms. The molecule has 9 nitrogen and oxygen atoms in total. The van der Waals surface area contributed by atoms with Gasteiger partial charge in [-0.2, -0.15) is 22.7 Å². The molecule has 0 bridgehead atoms. The van der Waals surface area contributed by atoms with E-state index in [1.54, 1.807) is 0 Å². The zero-order chi connectivity index (χ0) is 27.9. The average Bonchev–Trinajstić information content (AvgIpc) is 3.40. The fourth-order valence-corrected chi connectivity index (χ4v) is 6.32. The first-order valence-electron chi connectivity index (χ1n) is 11.7. The molecule has 2 aliphatic rings. The number of carbonyl (C=O) groups excluding carboxylic acids is 1. The van der Waals surface area contributed by atoms with E-state index < -0.39 is 52.2 Å². The fraction of sp³-hybridized carbons (Fsp3) is 0.320. The maximum atomic E-state index is 15.3. The molecule has 14 heteroatoms. The molecule has 0 unspecified atom stereocenters. The number of rotatable bonds is 5. The smallest absolute Gasteiger partial charge is 0.365 e. The highest BCUT2D eigenvalue weighted by Gasteiger charge is 2.44. The van der Waals surface area contributed by atoms with Crippen LogP contribution in [0.25, 0.3) is 11.1 Å². The molecule has 204 valence electrons. The van der Waals surface area contributed by atoms with Gasteiger partial charge in [-0.05, 0) is 36.2 Å². The summed E-state index contributed by atoms with van der Waals surface area (Å²) in [5, 5.41) is 13.5. The van der Waals surface area contributed by atoms with Crippen LogP contribution in [0, 0.1) is 17.1 Å². The Balaban J connectivity index is 1.44. The van der Waals surface area contributed by atoms with E-state index in [4.69, 9.17) is 4.74 Å². The largest absolute Gasteiger partial charge is 0.416 e. The quantitative estimate of drug-likeness (QED) is 0.434. The second-order valence-corrected chi connectivity index (χ2v) is 11.1. The summed E-state index contributed by atoms with van der Waals surface area (Å²) in [6, 6.07) is 8.75. The summed E-state index contributed by atoms with van der Waals surface area (Å²) >= 11 is 0. The lowest BCUT2D eigenvalue weighted by Crippen LogP contribution is -2.62. The molecular formula is C25H20F4N4O5S. The molecule has 5 rings (SSSR count). The zero-order valence-corrected chi connectivity index (χ0v) is 20.9. The van der Waals surface area contributed by atoms with E-state index in [1.165, 1.54) is 27.6 Å². The Morgan fingerprint density at radius 3 is 2.67 bits per heavy atom. The lowest BCUT2D eigenvalue weighted by atomic mass is 9.95. The van der Waals surface area contributed by atoms with Crippen molar-refractivity contribution in [2.75, 3.05) is 24.6 Å². The number of nitrogens with zero attached hydrogens (tertiary/aromatic N) is 4. The average molecular weight is 565 g/mol. The fourth-order valence-electron chi connectivity index (χ4n) is 4.86. The van der Waals surface area contributed by atoms with Crippen LogP contribution in [0.4, 0.5) is 23.2 Å². The van der Waals surface area contributed by atoms with Crippen LogP contribution in [0.5, 0.6) is 0 Å². The predicted octanol–water partition coefficient (Wildman–Crippen LogP) is 3.71. The van der Waals surface area contributed by atoms with Gasteiger partial charge < -0.3 is 14.2 Å².